The molecule has 0 radical (unpaired) electrons. The molecule has 1 saturated heterocycles. The van der Waals surface area contributed by atoms with Crippen LogP contribution in [0, 0.1) is 0 Å². The van der Waals surface area contributed by atoms with Gasteiger partial charge in [0.1, 0.15) is 0 Å². The van der Waals surface area contributed by atoms with Crippen molar-refractivity contribution < 1.29 is 4.74 Å². The lowest BCUT2D eigenvalue weighted by atomic mass is 9.92. The summed E-state index contributed by atoms with van der Waals surface area (Å²) in [5.41, 5.74) is 1.33. The number of nitrogens with one attached hydrogen (secondary N) is 1. The van der Waals surface area contributed by atoms with Crippen LogP contribution >= 0.6 is 11.6 Å². The SMILES string of the molecule is CNCC(CCC1CCCO1)c1cccc(Cl)c1. The minimum Gasteiger partial charge on any atom is -0.378 e. The molecule has 1 N–H and O–H groups in total. The van der Waals surface area contributed by atoms with E-state index in [0.717, 1.165) is 31.0 Å². The van der Waals surface area contributed by atoms with Gasteiger partial charge in [-0.05, 0) is 56.3 Å². The summed E-state index contributed by atoms with van der Waals surface area (Å²) in [5, 5.41) is 4.10. The molecule has 1 aliphatic rings. The molecular formula is C15H22ClNO. The van der Waals surface area contributed by atoms with Crippen LogP contribution in [-0.4, -0.2) is 26.3 Å². The van der Waals surface area contributed by atoms with E-state index in [9.17, 15) is 0 Å². The van der Waals surface area contributed by atoms with Crippen LogP contribution in [0.5, 0.6) is 0 Å². The van der Waals surface area contributed by atoms with Crippen LogP contribution in [0.1, 0.15) is 37.2 Å². The minimum atomic E-state index is 0.476. The van der Waals surface area contributed by atoms with Gasteiger partial charge in [-0.3, -0.25) is 0 Å². The zero-order chi connectivity index (χ0) is 12.8. The van der Waals surface area contributed by atoms with E-state index in [1.165, 1.54) is 18.4 Å². The van der Waals surface area contributed by atoms with Crippen molar-refractivity contribution in [3.05, 3.63) is 34.9 Å². The number of rotatable bonds is 6. The van der Waals surface area contributed by atoms with Crippen LogP contribution in [0.4, 0.5) is 0 Å². The number of likely N-dealkylation sites (N-methyl/N-ethyl adjacent to an activating group) is 1. The van der Waals surface area contributed by atoms with Gasteiger partial charge < -0.3 is 10.1 Å². The molecule has 0 bridgehead atoms. The molecule has 2 nitrogen and oxygen atoms in total. The predicted octanol–water partition coefficient (Wildman–Crippen LogP) is 3.60. The zero-order valence-electron chi connectivity index (χ0n) is 11.0. The molecule has 3 heteroatoms. The number of hydrogen-bond acceptors (Lipinski definition) is 2. The number of halogens is 1. The van der Waals surface area contributed by atoms with E-state index in [2.05, 4.69) is 17.4 Å². The lowest BCUT2D eigenvalue weighted by Gasteiger charge is -2.19. The molecule has 0 aliphatic carbocycles. The van der Waals surface area contributed by atoms with E-state index in [1.807, 2.05) is 19.2 Å². The highest BCUT2D eigenvalue weighted by molar-refractivity contribution is 6.30. The monoisotopic (exact) mass is 267 g/mol. The Morgan fingerprint density at radius 3 is 3.06 bits per heavy atom. The highest BCUT2D eigenvalue weighted by atomic mass is 35.5. The second-order valence-electron chi connectivity index (χ2n) is 5.02. The molecule has 1 heterocycles. The summed E-state index contributed by atoms with van der Waals surface area (Å²) in [6.07, 6.45) is 5.23. The molecule has 1 aromatic carbocycles. The fourth-order valence-electron chi connectivity index (χ4n) is 2.65. The van der Waals surface area contributed by atoms with Crippen molar-refractivity contribution in [3.63, 3.8) is 0 Å². The van der Waals surface area contributed by atoms with Gasteiger partial charge >= 0.3 is 0 Å². The van der Waals surface area contributed by atoms with Crippen LogP contribution < -0.4 is 5.32 Å². The molecule has 1 aliphatic heterocycles. The average molecular weight is 268 g/mol. The Morgan fingerprint density at radius 1 is 1.50 bits per heavy atom. The van der Waals surface area contributed by atoms with Crippen molar-refractivity contribution in [2.75, 3.05) is 20.2 Å². The Balaban J connectivity index is 1.94. The van der Waals surface area contributed by atoms with Crippen LogP contribution in [-0.2, 0) is 4.74 Å². The molecule has 1 aromatic rings. The quantitative estimate of drug-likeness (QED) is 0.850. The Bertz CT molecular complexity index is 363. The fourth-order valence-corrected chi connectivity index (χ4v) is 2.85. The molecule has 2 unspecified atom stereocenters. The molecule has 0 amide bonds. The Hall–Kier alpha value is -0.570. The first-order chi connectivity index (χ1) is 8.79. The normalized spacial score (nSPS) is 21.1. The first kappa shape index (κ1) is 13.9. The molecular weight excluding hydrogens is 246 g/mol. The number of hydrogen-bond donors (Lipinski definition) is 1. The van der Waals surface area contributed by atoms with Gasteiger partial charge in [-0.2, -0.15) is 0 Å². The van der Waals surface area contributed by atoms with Crippen molar-refractivity contribution in [2.45, 2.75) is 37.7 Å². The van der Waals surface area contributed by atoms with Gasteiger partial charge in [0.05, 0.1) is 6.10 Å². The van der Waals surface area contributed by atoms with Crippen molar-refractivity contribution in [2.24, 2.45) is 0 Å². The molecule has 2 rings (SSSR count). The van der Waals surface area contributed by atoms with Crippen molar-refractivity contribution in [3.8, 4) is 0 Å². The average Bonchev–Trinajstić information content (AvgIpc) is 2.87. The third-order valence-electron chi connectivity index (χ3n) is 3.63. The van der Waals surface area contributed by atoms with Crippen molar-refractivity contribution >= 4 is 11.6 Å². The first-order valence-electron chi connectivity index (χ1n) is 6.81. The molecule has 100 valence electrons. The van der Waals surface area contributed by atoms with Gasteiger partial charge in [0.2, 0.25) is 0 Å². The first-order valence-corrected chi connectivity index (χ1v) is 7.19. The molecule has 0 spiro atoms. The van der Waals surface area contributed by atoms with E-state index in [0.29, 0.717) is 12.0 Å². The Morgan fingerprint density at radius 2 is 2.39 bits per heavy atom. The third kappa shape index (κ3) is 3.98. The summed E-state index contributed by atoms with van der Waals surface area (Å²) in [5.74, 6) is 0.526. The van der Waals surface area contributed by atoms with Crippen LogP contribution in [0.2, 0.25) is 5.02 Å². The summed E-state index contributed by atoms with van der Waals surface area (Å²) in [4.78, 5) is 0. The maximum absolute atomic E-state index is 6.07. The number of ether oxygens (including phenoxy) is 1. The highest BCUT2D eigenvalue weighted by Crippen LogP contribution is 2.26. The summed E-state index contributed by atoms with van der Waals surface area (Å²) < 4.78 is 5.69. The molecule has 0 saturated carbocycles. The fraction of sp³-hybridized carbons (Fsp3) is 0.600. The summed E-state index contributed by atoms with van der Waals surface area (Å²) >= 11 is 6.07. The van der Waals surface area contributed by atoms with E-state index in [-0.39, 0.29) is 0 Å². The zero-order valence-corrected chi connectivity index (χ0v) is 11.7. The standard InChI is InChI=1S/C15H22ClNO/c1-17-11-13(7-8-15-6-3-9-18-15)12-4-2-5-14(16)10-12/h2,4-5,10,13,15,17H,3,6-9,11H2,1H3. The van der Waals surface area contributed by atoms with Gasteiger partial charge in [-0.25, -0.2) is 0 Å². The molecule has 0 aromatic heterocycles. The van der Waals surface area contributed by atoms with Gasteiger partial charge in [0, 0.05) is 18.2 Å². The smallest absolute Gasteiger partial charge is 0.0576 e. The summed E-state index contributed by atoms with van der Waals surface area (Å²) in [7, 11) is 2.00. The van der Waals surface area contributed by atoms with Crippen LogP contribution in [0.25, 0.3) is 0 Å². The summed E-state index contributed by atoms with van der Waals surface area (Å²) in [6.45, 7) is 1.94. The number of benzene rings is 1. The Kier molecular flexibility index (Phi) is 5.48. The second-order valence-corrected chi connectivity index (χ2v) is 5.46. The van der Waals surface area contributed by atoms with Crippen LogP contribution in [0.3, 0.4) is 0 Å². The lowest BCUT2D eigenvalue weighted by molar-refractivity contribution is 0.101. The minimum absolute atomic E-state index is 0.476. The van der Waals surface area contributed by atoms with E-state index >= 15 is 0 Å². The summed E-state index contributed by atoms with van der Waals surface area (Å²) in [6, 6.07) is 8.22. The van der Waals surface area contributed by atoms with Gasteiger partial charge in [-0.1, -0.05) is 23.7 Å². The molecule has 2 atom stereocenters. The maximum atomic E-state index is 6.07. The predicted molar refractivity (Wildman–Crippen MR) is 76.3 cm³/mol. The topological polar surface area (TPSA) is 21.3 Å². The van der Waals surface area contributed by atoms with Gasteiger partial charge in [-0.15, -0.1) is 0 Å². The highest BCUT2D eigenvalue weighted by Gasteiger charge is 2.18. The van der Waals surface area contributed by atoms with Crippen LogP contribution in [0.15, 0.2) is 24.3 Å². The third-order valence-corrected chi connectivity index (χ3v) is 3.87. The molecule has 18 heavy (non-hydrogen) atoms. The van der Waals surface area contributed by atoms with E-state index < -0.39 is 0 Å². The maximum Gasteiger partial charge on any atom is 0.0576 e. The van der Waals surface area contributed by atoms with Crippen molar-refractivity contribution in [1.29, 1.82) is 0 Å². The Labute approximate surface area is 115 Å². The molecule has 1 fully saturated rings. The van der Waals surface area contributed by atoms with E-state index in [4.69, 9.17) is 16.3 Å². The van der Waals surface area contributed by atoms with Gasteiger partial charge in [0.25, 0.3) is 0 Å². The second kappa shape index (κ2) is 7.13. The lowest BCUT2D eigenvalue weighted by Crippen LogP contribution is -2.19. The van der Waals surface area contributed by atoms with Gasteiger partial charge in [0.15, 0.2) is 0 Å². The van der Waals surface area contributed by atoms with E-state index in [1.54, 1.807) is 0 Å². The largest absolute Gasteiger partial charge is 0.378 e. The van der Waals surface area contributed by atoms with Crippen molar-refractivity contribution in [1.82, 2.24) is 5.32 Å².